The van der Waals surface area contributed by atoms with E-state index in [2.05, 4.69) is 5.32 Å². The van der Waals surface area contributed by atoms with Gasteiger partial charge in [-0.15, -0.1) is 0 Å². The van der Waals surface area contributed by atoms with E-state index in [-0.39, 0.29) is 5.91 Å². The summed E-state index contributed by atoms with van der Waals surface area (Å²) in [6.07, 6.45) is 1.48. The molecule has 1 aliphatic heterocycles. The topological polar surface area (TPSA) is 63.9 Å². The van der Waals surface area contributed by atoms with Crippen LogP contribution in [-0.2, 0) is 9.31 Å². The van der Waals surface area contributed by atoms with E-state index >= 15 is 0 Å². The number of carbonyl (C=O) groups is 1. The normalized spacial score (nSPS) is 18.6. The molecule has 7 heteroatoms. The van der Waals surface area contributed by atoms with Crippen molar-refractivity contribution in [2.75, 3.05) is 26.0 Å². The standard InChI is InChI=1S/C18H25BN2O4/c1-17(2)18(3,4)25-19(24-17)13-8-11-12(16(22)20-5)10-23-15(11)9-14(13)21(6)7/h8-10H,1-7H3,(H,20,22). The second-order valence-electron chi connectivity index (χ2n) is 7.62. The molecule has 0 aliphatic carbocycles. The van der Waals surface area contributed by atoms with Gasteiger partial charge in [-0.3, -0.25) is 4.79 Å². The number of amides is 1. The van der Waals surface area contributed by atoms with E-state index in [4.69, 9.17) is 13.7 Å². The van der Waals surface area contributed by atoms with Gasteiger partial charge < -0.3 is 23.9 Å². The summed E-state index contributed by atoms with van der Waals surface area (Å²) in [5.41, 5.74) is 2.10. The van der Waals surface area contributed by atoms with Crippen LogP contribution in [0.5, 0.6) is 0 Å². The molecule has 3 rings (SSSR count). The fourth-order valence-electron chi connectivity index (χ4n) is 2.94. The smallest absolute Gasteiger partial charge is 0.463 e. The number of hydrogen-bond acceptors (Lipinski definition) is 5. The summed E-state index contributed by atoms with van der Waals surface area (Å²) in [5.74, 6) is -0.184. The maximum absolute atomic E-state index is 12.1. The highest BCUT2D eigenvalue weighted by atomic mass is 16.7. The summed E-state index contributed by atoms with van der Waals surface area (Å²) in [4.78, 5) is 14.1. The molecule has 0 unspecified atom stereocenters. The number of nitrogens with zero attached hydrogens (tertiary/aromatic N) is 1. The summed E-state index contributed by atoms with van der Waals surface area (Å²) in [6, 6.07) is 3.85. The van der Waals surface area contributed by atoms with E-state index in [1.807, 2.05) is 58.8 Å². The number of furan rings is 1. The molecule has 1 amide bonds. The van der Waals surface area contributed by atoms with Gasteiger partial charge in [-0.1, -0.05) is 0 Å². The Hall–Kier alpha value is -1.99. The lowest BCUT2D eigenvalue weighted by Gasteiger charge is -2.32. The number of rotatable bonds is 3. The maximum Gasteiger partial charge on any atom is 0.496 e. The van der Waals surface area contributed by atoms with E-state index in [0.717, 1.165) is 16.5 Å². The van der Waals surface area contributed by atoms with Crippen LogP contribution in [0.2, 0.25) is 0 Å². The van der Waals surface area contributed by atoms with Crippen LogP contribution in [0, 0.1) is 0 Å². The van der Waals surface area contributed by atoms with E-state index in [9.17, 15) is 4.79 Å². The predicted molar refractivity (Wildman–Crippen MR) is 99.6 cm³/mol. The molecule has 0 radical (unpaired) electrons. The van der Waals surface area contributed by atoms with E-state index < -0.39 is 18.3 Å². The van der Waals surface area contributed by atoms with Crippen LogP contribution < -0.4 is 15.7 Å². The van der Waals surface area contributed by atoms with Crippen LogP contribution in [0.4, 0.5) is 5.69 Å². The molecule has 1 N–H and O–H groups in total. The lowest BCUT2D eigenvalue weighted by Crippen LogP contribution is -2.41. The SMILES string of the molecule is CNC(=O)c1coc2cc(N(C)C)c(B3OC(C)(C)C(C)(C)O3)cc12. The minimum absolute atomic E-state index is 0.184. The summed E-state index contributed by atoms with van der Waals surface area (Å²) in [6.45, 7) is 8.09. The van der Waals surface area contributed by atoms with Crippen molar-refractivity contribution >= 4 is 35.1 Å². The molecule has 134 valence electrons. The average Bonchev–Trinajstić information content (AvgIpc) is 3.03. The van der Waals surface area contributed by atoms with Gasteiger partial charge in [-0.25, -0.2) is 0 Å². The van der Waals surface area contributed by atoms with E-state index in [1.54, 1.807) is 7.05 Å². The third-order valence-electron chi connectivity index (χ3n) is 5.18. The minimum atomic E-state index is -0.515. The van der Waals surface area contributed by atoms with Crippen LogP contribution in [0.15, 0.2) is 22.8 Å². The third kappa shape index (κ3) is 2.81. The van der Waals surface area contributed by atoms with Crippen molar-refractivity contribution in [3.05, 3.63) is 24.0 Å². The van der Waals surface area contributed by atoms with Gasteiger partial charge in [0.1, 0.15) is 11.8 Å². The summed E-state index contributed by atoms with van der Waals surface area (Å²) >= 11 is 0. The van der Waals surface area contributed by atoms with Crippen LogP contribution in [0.3, 0.4) is 0 Å². The molecular weight excluding hydrogens is 319 g/mol. The molecule has 0 spiro atoms. The number of carbonyl (C=O) groups excluding carboxylic acids is 1. The number of nitrogens with one attached hydrogen (secondary N) is 1. The first kappa shape index (κ1) is 17.8. The van der Waals surface area contributed by atoms with Crippen molar-refractivity contribution in [1.29, 1.82) is 0 Å². The molecule has 6 nitrogen and oxygen atoms in total. The zero-order valence-electron chi connectivity index (χ0n) is 15.9. The van der Waals surface area contributed by atoms with Crippen molar-refractivity contribution in [2.24, 2.45) is 0 Å². The van der Waals surface area contributed by atoms with Gasteiger partial charge in [0.2, 0.25) is 0 Å². The minimum Gasteiger partial charge on any atom is -0.463 e. The van der Waals surface area contributed by atoms with Crippen LogP contribution >= 0.6 is 0 Å². The first-order valence-electron chi connectivity index (χ1n) is 8.37. The molecule has 1 saturated heterocycles. The Kier molecular flexibility index (Phi) is 4.12. The Morgan fingerprint density at radius 2 is 1.72 bits per heavy atom. The fourth-order valence-corrected chi connectivity index (χ4v) is 2.94. The van der Waals surface area contributed by atoms with Gasteiger partial charge in [0.25, 0.3) is 5.91 Å². The molecule has 2 aromatic rings. The average molecular weight is 344 g/mol. The van der Waals surface area contributed by atoms with E-state index in [0.29, 0.717) is 11.1 Å². The Balaban J connectivity index is 2.16. The Labute approximate surface area is 148 Å². The monoisotopic (exact) mass is 344 g/mol. The second kappa shape index (κ2) is 5.78. The molecule has 0 saturated carbocycles. The first-order chi connectivity index (χ1) is 11.6. The lowest BCUT2D eigenvalue weighted by molar-refractivity contribution is 0.00578. The maximum atomic E-state index is 12.1. The van der Waals surface area contributed by atoms with Crippen LogP contribution in [-0.4, -0.2) is 45.4 Å². The zero-order valence-corrected chi connectivity index (χ0v) is 15.9. The summed E-state index contributed by atoms with van der Waals surface area (Å²) in [5, 5.41) is 3.39. The highest BCUT2D eigenvalue weighted by molar-refractivity contribution is 6.64. The van der Waals surface area contributed by atoms with Crippen molar-refractivity contribution in [1.82, 2.24) is 5.32 Å². The molecule has 0 bridgehead atoms. The van der Waals surface area contributed by atoms with Gasteiger partial charge in [-0.2, -0.15) is 0 Å². The molecule has 0 atom stereocenters. The molecule has 2 heterocycles. The van der Waals surface area contributed by atoms with Gasteiger partial charge in [0.15, 0.2) is 0 Å². The third-order valence-corrected chi connectivity index (χ3v) is 5.18. The van der Waals surface area contributed by atoms with Gasteiger partial charge in [-0.05, 0) is 33.8 Å². The zero-order chi connectivity index (χ0) is 18.6. The van der Waals surface area contributed by atoms with Crippen LogP contribution in [0.25, 0.3) is 11.0 Å². The van der Waals surface area contributed by atoms with Crippen molar-refractivity contribution in [3.8, 4) is 0 Å². The first-order valence-corrected chi connectivity index (χ1v) is 8.37. The number of benzene rings is 1. The van der Waals surface area contributed by atoms with Crippen molar-refractivity contribution in [2.45, 2.75) is 38.9 Å². The summed E-state index contributed by atoms with van der Waals surface area (Å²) in [7, 11) is 5.00. The van der Waals surface area contributed by atoms with Crippen molar-refractivity contribution in [3.63, 3.8) is 0 Å². The quantitative estimate of drug-likeness (QED) is 0.865. The second-order valence-corrected chi connectivity index (χ2v) is 7.62. The van der Waals surface area contributed by atoms with E-state index in [1.165, 1.54) is 6.26 Å². The largest absolute Gasteiger partial charge is 0.496 e. The lowest BCUT2D eigenvalue weighted by atomic mass is 9.76. The predicted octanol–water partition coefficient (Wildman–Crippen LogP) is 2.16. The molecular formula is C18H25BN2O4. The van der Waals surface area contributed by atoms with Gasteiger partial charge >= 0.3 is 7.12 Å². The Morgan fingerprint density at radius 1 is 1.12 bits per heavy atom. The Bertz CT molecular complexity index is 810. The highest BCUT2D eigenvalue weighted by Crippen LogP contribution is 2.37. The molecule has 1 aromatic carbocycles. The number of fused-ring (bicyclic) bond motifs is 1. The van der Waals surface area contributed by atoms with Crippen molar-refractivity contribution < 1.29 is 18.5 Å². The number of anilines is 1. The molecule has 1 aromatic heterocycles. The number of hydrogen-bond donors (Lipinski definition) is 1. The molecule has 25 heavy (non-hydrogen) atoms. The highest BCUT2D eigenvalue weighted by Gasteiger charge is 2.52. The van der Waals surface area contributed by atoms with Gasteiger partial charge in [0.05, 0.1) is 16.8 Å². The Morgan fingerprint density at radius 3 is 2.24 bits per heavy atom. The summed E-state index contributed by atoms with van der Waals surface area (Å²) < 4.78 is 18.0. The van der Waals surface area contributed by atoms with Gasteiger partial charge in [0, 0.05) is 43.7 Å². The molecule has 1 fully saturated rings. The molecule has 1 aliphatic rings. The van der Waals surface area contributed by atoms with Crippen LogP contribution in [0.1, 0.15) is 38.1 Å². The fraction of sp³-hybridized carbons (Fsp3) is 0.500.